The third-order valence-electron chi connectivity index (χ3n) is 7.08. The lowest BCUT2D eigenvalue weighted by Crippen LogP contribution is -2.48. The smallest absolute Gasteiger partial charge is 0.269 e. The number of piperazine rings is 1. The van der Waals surface area contributed by atoms with Crippen molar-refractivity contribution in [2.24, 2.45) is 0 Å². The minimum absolute atomic E-state index is 0.108. The van der Waals surface area contributed by atoms with Crippen molar-refractivity contribution in [1.29, 1.82) is 0 Å². The summed E-state index contributed by atoms with van der Waals surface area (Å²) >= 11 is 3.12. The van der Waals surface area contributed by atoms with Crippen LogP contribution in [0.2, 0.25) is 0 Å². The Morgan fingerprint density at radius 3 is 2.48 bits per heavy atom. The van der Waals surface area contributed by atoms with Crippen LogP contribution >= 0.6 is 23.5 Å². The molecule has 0 aliphatic carbocycles. The van der Waals surface area contributed by atoms with Crippen molar-refractivity contribution < 1.29 is 9.66 Å². The molecule has 1 aliphatic heterocycles. The molecule has 4 aromatic rings. The van der Waals surface area contributed by atoms with E-state index in [1.54, 1.807) is 31.0 Å². The van der Waals surface area contributed by atoms with Gasteiger partial charge in [0.1, 0.15) is 0 Å². The Labute approximate surface area is 265 Å². The van der Waals surface area contributed by atoms with Gasteiger partial charge in [0.25, 0.3) is 5.69 Å². The number of ether oxygens (including phenoxy) is 1. The molecule has 2 aromatic heterocycles. The molecule has 1 fully saturated rings. The van der Waals surface area contributed by atoms with E-state index in [-0.39, 0.29) is 10.6 Å². The summed E-state index contributed by atoms with van der Waals surface area (Å²) in [4.78, 5) is 29.6. The number of non-ortho nitro benzene ring substituents is 1. The molecule has 1 aliphatic rings. The fourth-order valence-electron chi connectivity index (χ4n) is 4.72. The monoisotopic (exact) mass is 635 g/mol. The van der Waals surface area contributed by atoms with Crippen LogP contribution < -0.4 is 15.0 Å². The van der Waals surface area contributed by atoms with E-state index in [4.69, 9.17) is 14.7 Å². The van der Waals surface area contributed by atoms with Gasteiger partial charge < -0.3 is 19.9 Å². The molecule has 2 N–H and O–H groups in total. The molecule has 0 radical (unpaired) electrons. The average molecular weight is 636 g/mol. The molecule has 0 saturated carbocycles. The molecular formula is C30H37N9O3S2. The number of rotatable bonds is 13. The lowest BCUT2D eigenvalue weighted by molar-refractivity contribution is -0.384. The molecule has 0 spiro atoms. The summed E-state index contributed by atoms with van der Waals surface area (Å²) in [6.45, 7) is 7.57. The van der Waals surface area contributed by atoms with Crippen LogP contribution in [0.4, 0.5) is 23.1 Å². The molecule has 3 heterocycles. The summed E-state index contributed by atoms with van der Waals surface area (Å²) in [6, 6.07) is 16.9. The van der Waals surface area contributed by atoms with Crippen LogP contribution in [-0.2, 0) is 5.75 Å². The number of methoxy groups -OCH3 is 1. The molecule has 0 bridgehead atoms. The van der Waals surface area contributed by atoms with Crippen molar-refractivity contribution in [2.75, 3.05) is 70.7 Å². The Kier molecular flexibility index (Phi) is 10.6. The molecular weight excluding hydrogens is 599 g/mol. The Hall–Kier alpha value is -3.85. The number of likely N-dealkylation sites (N-methyl/N-ethyl adjacent to an activating group) is 1. The van der Waals surface area contributed by atoms with Crippen molar-refractivity contribution in [3.8, 4) is 5.75 Å². The van der Waals surface area contributed by atoms with E-state index < -0.39 is 0 Å². The van der Waals surface area contributed by atoms with E-state index in [1.165, 1.54) is 17.8 Å². The number of anilines is 3. The number of nitrogens with zero attached hydrogens (tertiary/aromatic N) is 7. The van der Waals surface area contributed by atoms with Crippen LogP contribution in [0.15, 0.2) is 69.5 Å². The van der Waals surface area contributed by atoms with Gasteiger partial charge in [-0.2, -0.15) is 5.10 Å². The number of nitro groups is 1. The average Bonchev–Trinajstić information content (AvgIpc) is 3.44. The van der Waals surface area contributed by atoms with E-state index in [0.717, 1.165) is 66.1 Å². The highest BCUT2D eigenvalue weighted by atomic mass is 32.2. The number of benzene rings is 2. The number of hydrogen-bond acceptors (Lipinski definition) is 12. The summed E-state index contributed by atoms with van der Waals surface area (Å²) in [5, 5.41) is 22.3. The van der Waals surface area contributed by atoms with Gasteiger partial charge in [-0.05, 0) is 62.6 Å². The maximum Gasteiger partial charge on any atom is 0.269 e. The van der Waals surface area contributed by atoms with Gasteiger partial charge in [-0.25, -0.2) is 9.97 Å². The zero-order chi connectivity index (χ0) is 31.1. The SMILES string of the molecule is COc1c(Nc2cc(C)[nH]n2)nc(Sc2ccc(SCc3cccc([N+](=O)[O-])c3)cc2)nc1N1CCN(CCN(C)C)CC1. The Balaban J connectivity index is 1.33. The van der Waals surface area contributed by atoms with E-state index in [9.17, 15) is 10.1 Å². The van der Waals surface area contributed by atoms with Crippen LogP contribution in [0.1, 0.15) is 11.3 Å². The number of aryl methyl sites for hydroxylation is 1. The highest BCUT2D eigenvalue weighted by Crippen LogP contribution is 2.38. The predicted octanol–water partition coefficient (Wildman–Crippen LogP) is 5.30. The summed E-state index contributed by atoms with van der Waals surface area (Å²) in [6.07, 6.45) is 0. The molecule has 232 valence electrons. The van der Waals surface area contributed by atoms with Gasteiger partial charge >= 0.3 is 0 Å². The number of thioether (sulfide) groups is 1. The van der Waals surface area contributed by atoms with Crippen molar-refractivity contribution in [2.45, 2.75) is 27.6 Å². The summed E-state index contributed by atoms with van der Waals surface area (Å²) in [5.74, 6) is 3.20. The summed E-state index contributed by atoms with van der Waals surface area (Å²) in [5.41, 5.74) is 1.95. The van der Waals surface area contributed by atoms with Gasteiger partial charge in [0.2, 0.25) is 5.75 Å². The van der Waals surface area contributed by atoms with E-state index in [1.807, 2.05) is 43.3 Å². The molecule has 12 nitrogen and oxygen atoms in total. The molecule has 44 heavy (non-hydrogen) atoms. The third kappa shape index (κ3) is 8.40. The number of aromatic amines is 1. The standard InChI is InChI=1S/C30H37N9O3S2/c1-21-18-26(35-34-21)31-28-27(42-4)29(38-16-14-37(15-17-38)13-12-36(2)3)33-30(32-28)44-25-10-8-24(9-11-25)43-20-22-6-5-7-23(19-22)39(40)41/h5-11,18-19H,12-17,20H2,1-4H3,(H2,31,32,33,34,35). The van der Waals surface area contributed by atoms with Crippen LogP contribution in [0, 0.1) is 17.0 Å². The Morgan fingerprint density at radius 2 is 1.82 bits per heavy atom. The van der Waals surface area contributed by atoms with Gasteiger partial charge in [0.05, 0.1) is 12.0 Å². The minimum atomic E-state index is -0.365. The second kappa shape index (κ2) is 14.8. The summed E-state index contributed by atoms with van der Waals surface area (Å²) in [7, 11) is 5.85. The van der Waals surface area contributed by atoms with Crippen LogP contribution in [0.3, 0.4) is 0 Å². The number of H-pyrrole nitrogens is 1. The van der Waals surface area contributed by atoms with Crippen LogP contribution in [0.5, 0.6) is 5.75 Å². The second-order valence-corrected chi connectivity index (χ2v) is 12.8. The largest absolute Gasteiger partial charge is 0.490 e. The Morgan fingerprint density at radius 1 is 1.07 bits per heavy atom. The number of hydrogen-bond donors (Lipinski definition) is 2. The normalized spacial score (nSPS) is 13.8. The highest BCUT2D eigenvalue weighted by molar-refractivity contribution is 7.99. The maximum atomic E-state index is 11.1. The topological polar surface area (TPSA) is 129 Å². The summed E-state index contributed by atoms with van der Waals surface area (Å²) < 4.78 is 5.88. The molecule has 0 amide bonds. The van der Waals surface area contributed by atoms with Crippen LogP contribution in [0.25, 0.3) is 0 Å². The van der Waals surface area contributed by atoms with Gasteiger partial charge in [0.15, 0.2) is 22.6 Å². The van der Waals surface area contributed by atoms with Gasteiger partial charge in [-0.1, -0.05) is 12.1 Å². The molecule has 0 unspecified atom stereocenters. The van der Waals surface area contributed by atoms with Crippen molar-refractivity contribution in [1.82, 2.24) is 30.0 Å². The van der Waals surface area contributed by atoms with E-state index in [0.29, 0.717) is 28.3 Å². The first-order valence-corrected chi connectivity index (χ1v) is 16.1. The number of aromatic nitrogens is 4. The van der Waals surface area contributed by atoms with Gasteiger partial charge in [-0.3, -0.25) is 20.1 Å². The first kappa shape index (κ1) is 31.6. The fourth-order valence-corrected chi connectivity index (χ4v) is 6.31. The zero-order valence-corrected chi connectivity index (χ0v) is 27.0. The Bertz CT molecular complexity index is 1560. The predicted molar refractivity (Wildman–Crippen MR) is 176 cm³/mol. The first-order valence-electron chi connectivity index (χ1n) is 14.3. The van der Waals surface area contributed by atoms with Crippen molar-refractivity contribution in [3.63, 3.8) is 0 Å². The molecule has 2 aromatic carbocycles. The van der Waals surface area contributed by atoms with E-state index >= 15 is 0 Å². The van der Waals surface area contributed by atoms with Crippen molar-refractivity contribution >= 4 is 46.7 Å². The number of nitro benzene ring substituents is 1. The molecule has 14 heteroatoms. The third-order valence-corrected chi connectivity index (χ3v) is 9.03. The highest BCUT2D eigenvalue weighted by Gasteiger charge is 2.25. The zero-order valence-electron chi connectivity index (χ0n) is 25.3. The van der Waals surface area contributed by atoms with Gasteiger partial charge in [0, 0.05) is 78.7 Å². The van der Waals surface area contributed by atoms with Gasteiger partial charge in [-0.15, -0.1) is 11.8 Å². The van der Waals surface area contributed by atoms with E-state index in [2.05, 4.69) is 44.3 Å². The molecule has 1 saturated heterocycles. The van der Waals surface area contributed by atoms with Crippen LogP contribution in [-0.4, -0.2) is 95.4 Å². The lowest BCUT2D eigenvalue weighted by Gasteiger charge is -2.36. The fraction of sp³-hybridized carbons (Fsp3) is 0.367. The van der Waals surface area contributed by atoms with Crippen molar-refractivity contribution in [3.05, 3.63) is 76.0 Å². The minimum Gasteiger partial charge on any atom is -0.490 e. The quantitative estimate of drug-likeness (QED) is 0.0857. The molecule has 0 atom stereocenters. The second-order valence-electron chi connectivity index (χ2n) is 10.7. The maximum absolute atomic E-state index is 11.1. The number of nitrogens with one attached hydrogen (secondary N) is 2. The lowest BCUT2D eigenvalue weighted by atomic mass is 10.2. The molecule has 5 rings (SSSR count). The first-order chi connectivity index (χ1) is 21.3.